The molecule has 0 radical (unpaired) electrons. The molecule has 0 bridgehead atoms. The van der Waals surface area contributed by atoms with Gasteiger partial charge in [0.15, 0.2) is 0 Å². The topological polar surface area (TPSA) is 74.6 Å². The van der Waals surface area contributed by atoms with Crippen LogP contribution in [0.1, 0.15) is 18.1 Å². The average Bonchev–Trinajstić information content (AvgIpc) is 2.03. The highest BCUT2D eigenvalue weighted by atomic mass is 32.3. The fraction of sp³-hybridized carbons (Fsp3) is 0.333. The van der Waals surface area contributed by atoms with E-state index in [1.165, 1.54) is 11.1 Å². The minimum absolute atomic E-state index is 1.14. The van der Waals surface area contributed by atoms with Crippen LogP contribution in [0.3, 0.4) is 0 Å². The third kappa shape index (κ3) is 9.18. The van der Waals surface area contributed by atoms with Gasteiger partial charge in [-0.15, -0.1) is 0 Å². The van der Waals surface area contributed by atoms with E-state index >= 15 is 0 Å². The molecule has 2 N–H and O–H groups in total. The van der Waals surface area contributed by atoms with E-state index in [1.807, 2.05) is 0 Å². The lowest BCUT2D eigenvalue weighted by atomic mass is 10.1. The van der Waals surface area contributed by atoms with Crippen LogP contribution in [0.4, 0.5) is 0 Å². The zero-order valence-electron chi connectivity index (χ0n) is 8.14. The molecule has 0 aliphatic carbocycles. The second kappa shape index (κ2) is 5.74. The van der Waals surface area contributed by atoms with E-state index in [1.54, 1.807) is 0 Å². The van der Waals surface area contributed by atoms with Crippen LogP contribution >= 0.6 is 0 Å². The molecule has 5 heteroatoms. The van der Waals surface area contributed by atoms with Crippen molar-refractivity contribution < 1.29 is 17.5 Å². The number of hydrogen-bond donors (Lipinski definition) is 2. The van der Waals surface area contributed by atoms with Crippen molar-refractivity contribution in [3.8, 4) is 0 Å². The van der Waals surface area contributed by atoms with E-state index in [-0.39, 0.29) is 0 Å². The fourth-order valence-electron chi connectivity index (χ4n) is 0.824. The van der Waals surface area contributed by atoms with Gasteiger partial charge in [0.2, 0.25) is 0 Å². The largest absolute Gasteiger partial charge is 0.394 e. The van der Waals surface area contributed by atoms with Crippen molar-refractivity contribution in [1.82, 2.24) is 0 Å². The average molecular weight is 218 g/mol. The maximum Gasteiger partial charge on any atom is 0.394 e. The Morgan fingerprint density at radius 1 is 1.14 bits per heavy atom. The number of hydrogen-bond acceptors (Lipinski definition) is 2. The summed E-state index contributed by atoms with van der Waals surface area (Å²) in [5.74, 6) is 0. The molecule has 14 heavy (non-hydrogen) atoms. The maximum absolute atomic E-state index is 8.74. The zero-order valence-corrected chi connectivity index (χ0v) is 8.95. The maximum atomic E-state index is 8.74. The molecule has 0 saturated carbocycles. The molecule has 1 aromatic carbocycles. The second-order valence-electron chi connectivity index (χ2n) is 2.79. The lowest BCUT2D eigenvalue weighted by molar-refractivity contribution is 0.381. The molecule has 0 amide bonds. The predicted octanol–water partition coefficient (Wildman–Crippen LogP) is 1.90. The van der Waals surface area contributed by atoms with Crippen LogP contribution in [-0.4, -0.2) is 17.5 Å². The Morgan fingerprint density at radius 3 is 1.79 bits per heavy atom. The van der Waals surface area contributed by atoms with Crippen LogP contribution < -0.4 is 0 Å². The first kappa shape index (κ1) is 13.1. The van der Waals surface area contributed by atoms with Gasteiger partial charge in [0.05, 0.1) is 0 Å². The number of aryl methyl sites for hydroxylation is 2. The van der Waals surface area contributed by atoms with Crippen LogP contribution in [0.15, 0.2) is 24.3 Å². The molecule has 1 rings (SSSR count). The molecule has 0 aromatic heterocycles. The van der Waals surface area contributed by atoms with E-state index in [9.17, 15) is 0 Å². The Bertz CT molecular complexity index is 345. The Morgan fingerprint density at radius 2 is 1.50 bits per heavy atom. The monoisotopic (exact) mass is 218 g/mol. The van der Waals surface area contributed by atoms with Crippen molar-refractivity contribution in [2.24, 2.45) is 0 Å². The molecular formula is C9H14O4S. The molecular weight excluding hydrogens is 204 g/mol. The molecule has 0 aliphatic heterocycles. The van der Waals surface area contributed by atoms with Gasteiger partial charge in [0.1, 0.15) is 0 Å². The van der Waals surface area contributed by atoms with E-state index < -0.39 is 10.4 Å². The van der Waals surface area contributed by atoms with Gasteiger partial charge in [0, 0.05) is 0 Å². The summed E-state index contributed by atoms with van der Waals surface area (Å²) in [6, 6.07) is 8.66. The highest BCUT2D eigenvalue weighted by Crippen LogP contribution is 2.02. The van der Waals surface area contributed by atoms with Gasteiger partial charge < -0.3 is 0 Å². The highest BCUT2D eigenvalue weighted by Gasteiger charge is 1.85. The summed E-state index contributed by atoms with van der Waals surface area (Å²) in [7, 11) is -4.67. The van der Waals surface area contributed by atoms with Crippen LogP contribution in [0.25, 0.3) is 0 Å². The fourth-order valence-corrected chi connectivity index (χ4v) is 0.824. The summed E-state index contributed by atoms with van der Waals surface area (Å²) in [5.41, 5.74) is 2.76. The van der Waals surface area contributed by atoms with Crippen molar-refractivity contribution >= 4 is 10.4 Å². The Kier molecular flexibility index (Phi) is 5.37. The van der Waals surface area contributed by atoms with Gasteiger partial charge in [-0.05, 0) is 18.9 Å². The SMILES string of the molecule is CCc1ccc(C)cc1.O=S(=O)(O)O. The van der Waals surface area contributed by atoms with E-state index in [4.69, 9.17) is 17.5 Å². The summed E-state index contributed by atoms with van der Waals surface area (Å²) in [5, 5.41) is 0. The first-order valence-corrected chi connectivity index (χ1v) is 5.48. The van der Waals surface area contributed by atoms with Crippen molar-refractivity contribution in [3.05, 3.63) is 35.4 Å². The van der Waals surface area contributed by atoms with Gasteiger partial charge in [-0.2, -0.15) is 8.42 Å². The quantitative estimate of drug-likeness (QED) is 0.706. The highest BCUT2D eigenvalue weighted by molar-refractivity contribution is 7.79. The Labute approximate surface area is 84.2 Å². The molecule has 80 valence electrons. The van der Waals surface area contributed by atoms with E-state index in [0.717, 1.165) is 6.42 Å². The molecule has 4 nitrogen and oxygen atoms in total. The summed E-state index contributed by atoms with van der Waals surface area (Å²) in [6.07, 6.45) is 1.14. The summed E-state index contributed by atoms with van der Waals surface area (Å²) >= 11 is 0. The summed E-state index contributed by atoms with van der Waals surface area (Å²) in [6.45, 7) is 4.28. The van der Waals surface area contributed by atoms with E-state index in [2.05, 4.69) is 38.1 Å². The molecule has 1 aromatic rings. The first-order chi connectivity index (χ1) is 6.33. The van der Waals surface area contributed by atoms with Crippen LogP contribution in [0, 0.1) is 6.92 Å². The van der Waals surface area contributed by atoms with Crippen LogP contribution in [0.2, 0.25) is 0 Å². The van der Waals surface area contributed by atoms with Gasteiger partial charge in [-0.1, -0.05) is 36.8 Å². The minimum Gasteiger partial charge on any atom is -0.264 e. The van der Waals surface area contributed by atoms with Gasteiger partial charge in [0.25, 0.3) is 0 Å². The molecule has 0 unspecified atom stereocenters. The third-order valence-electron chi connectivity index (χ3n) is 1.53. The smallest absolute Gasteiger partial charge is 0.264 e. The van der Waals surface area contributed by atoms with Crippen LogP contribution in [-0.2, 0) is 16.8 Å². The zero-order chi connectivity index (χ0) is 11.2. The minimum atomic E-state index is -4.67. The van der Waals surface area contributed by atoms with E-state index in [0.29, 0.717) is 0 Å². The predicted molar refractivity (Wildman–Crippen MR) is 54.7 cm³/mol. The van der Waals surface area contributed by atoms with Gasteiger partial charge in [-0.3, -0.25) is 9.11 Å². The molecule has 0 heterocycles. The first-order valence-electron chi connectivity index (χ1n) is 4.08. The number of rotatable bonds is 1. The van der Waals surface area contributed by atoms with Gasteiger partial charge in [-0.25, -0.2) is 0 Å². The molecule has 0 atom stereocenters. The lowest BCUT2D eigenvalue weighted by Gasteiger charge is -1.94. The van der Waals surface area contributed by atoms with Gasteiger partial charge >= 0.3 is 10.4 Å². The summed E-state index contributed by atoms with van der Waals surface area (Å²) < 4.78 is 31.6. The Hall–Kier alpha value is -0.910. The standard InChI is InChI=1S/C9H12.H2O4S/c1-3-9-6-4-8(2)5-7-9;1-5(2,3)4/h4-7H,3H2,1-2H3;(H2,1,2,3,4). The summed E-state index contributed by atoms with van der Waals surface area (Å²) in [4.78, 5) is 0. The Balaban J connectivity index is 0.000000292. The second-order valence-corrected chi connectivity index (χ2v) is 3.68. The van der Waals surface area contributed by atoms with Crippen molar-refractivity contribution in [2.75, 3.05) is 0 Å². The lowest BCUT2D eigenvalue weighted by Crippen LogP contribution is -1.89. The molecule has 0 aliphatic rings. The van der Waals surface area contributed by atoms with Crippen LogP contribution in [0.5, 0.6) is 0 Å². The third-order valence-corrected chi connectivity index (χ3v) is 1.53. The molecule has 0 spiro atoms. The molecule has 0 saturated heterocycles. The van der Waals surface area contributed by atoms with Crippen molar-refractivity contribution in [2.45, 2.75) is 20.3 Å². The number of benzene rings is 1. The van der Waals surface area contributed by atoms with Crippen molar-refractivity contribution in [1.29, 1.82) is 0 Å². The normalized spacial score (nSPS) is 10.3. The molecule has 0 fully saturated rings. The van der Waals surface area contributed by atoms with Crippen molar-refractivity contribution in [3.63, 3.8) is 0 Å².